The Balaban J connectivity index is 2.25. The number of nitrogens with two attached hydrogens (primary N) is 2. The first kappa shape index (κ1) is 19.1. The van der Waals surface area contributed by atoms with Crippen molar-refractivity contribution >= 4 is 17.7 Å². The molecule has 0 saturated heterocycles. The van der Waals surface area contributed by atoms with Crippen LogP contribution in [0.15, 0.2) is 24.3 Å². The summed E-state index contributed by atoms with van der Waals surface area (Å²) in [4.78, 5) is 11.2. The number of amides is 1. The maximum atomic E-state index is 11.2. The van der Waals surface area contributed by atoms with Crippen molar-refractivity contribution in [2.75, 3.05) is 0 Å². The molecule has 1 aliphatic rings. The normalized spacial score (nSPS) is 18.8. The van der Waals surface area contributed by atoms with Crippen molar-refractivity contribution in [3.8, 4) is 0 Å². The minimum Gasteiger partial charge on any atom is -0.444 e. The van der Waals surface area contributed by atoms with E-state index in [1.54, 1.807) is 0 Å². The van der Waals surface area contributed by atoms with E-state index in [1.807, 2.05) is 32.0 Å². The topological polar surface area (TPSA) is 78.3 Å². The van der Waals surface area contributed by atoms with Crippen molar-refractivity contribution in [1.82, 2.24) is 0 Å². The maximum Gasteiger partial charge on any atom is 0.405 e. The molecule has 0 aliphatic heterocycles. The molecule has 0 spiro atoms. The van der Waals surface area contributed by atoms with Crippen LogP contribution in [0.3, 0.4) is 0 Å². The Hall–Kier alpha value is -1.26. The zero-order valence-corrected chi connectivity index (χ0v) is 15.4. The zero-order chi connectivity index (χ0) is 17.7. The number of benzene rings is 1. The average molecular weight is 353 g/mol. The molecule has 0 radical (unpaired) electrons. The molecule has 1 aromatic rings. The molecule has 1 aromatic carbocycles. The van der Waals surface area contributed by atoms with E-state index in [1.165, 1.54) is 19.3 Å². The van der Waals surface area contributed by atoms with Gasteiger partial charge in [0.05, 0.1) is 0 Å². The van der Waals surface area contributed by atoms with Gasteiger partial charge >= 0.3 is 6.09 Å². The van der Waals surface area contributed by atoms with Crippen LogP contribution in [0.4, 0.5) is 4.79 Å². The van der Waals surface area contributed by atoms with E-state index in [-0.39, 0.29) is 12.0 Å². The van der Waals surface area contributed by atoms with Gasteiger partial charge in [-0.15, -0.1) is 0 Å². The van der Waals surface area contributed by atoms with Crippen LogP contribution < -0.4 is 11.5 Å². The van der Waals surface area contributed by atoms with Gasteiger partial charge in [-0.05, 0) is 56.7 Å². The fourth-order valence-corrected chi connectivity index (χ4v) is 4.10. The molecule has 1 fully saturated rings. The SMILES string of the molecule is CC(C)(CC(c1cccc(Cl)c1)[C@H](N)C1CCCCC1)OC(N)=O. The molecule has 4 nitrogen and oxygen atoms in total. The number of carbonyl (C=O) groups is 1. The number of halogens is 1. The van der Waals surface area contributed by atoms with Gasteiger partial charge in [0.25, 0.3) is 0 Å². The summed E-state index contributed by atoms with van der Waals surface area (Å²) in [6.07, 6.45) is 5.96. The smallest absolute Gasteiger partial charge is 0.405 e. The van der Waals surface area contributed by atoms with Crippen LogP contribution in [0, 0.1) is 5.92 Å². The van der Waals surface area contributed by atoms with E-state index >= 15 is 0 Å². The first-order valence-electron chi connectivity index (χ1n) is 8.78. The van der Waals surface area contributed by atoms with Crippen LogP contribution >= 0.6 is 11.6 Å². The molecule has 134 valence electrons. The van der Waals surface area contributed by atoms with Crippen molar-refractivity contribution in [1.29, 1.82) is 0 Å². The van der Waals surface area contributed by atoms with Gasteiger partial charge in [-0.1, -0.05) is 43.0 Å². The lowest BCUT2D eigenvalue weighted by atomic mass is 9.73. The standard InChI is InChI=1S/C19H29ClN2O2/c1-19(2,24-18(22)23)12-16(14-9-6-10-15(20)11-14)17(21)13-7-4-3-5-8-13/h6,9-11,13,16-17H,3-5,7-8,12,21H2,1-2H3,(H2,22,23)/t16?,17-/m1/s1. The molecule has 2 atom stereocenters. The van der Waals surface area contributed by atoms with Crippen LogP contribution in [0.2, 0.25) is 5.02 Å². The zero-order valence-electron chi connectivity index (χ0n) is 14.6. The Morgan fingerprint density at radius 3 is 2.58 bits per heavy atom. The molecule has 1 saturated carbocycles. The number of ether oxygens (including phenoxy) is 1. The summed E-state index contributed by atoms with van der Waals surface area (Å²) in [5.41, 5.74) is 12.3. The molecule has 24 heavy (non-hydrogen) atoms. The second-order valence-electron chi connectivity index (χ2n) is 7.52. The molecule has 1 aliphatic carbocycles. The molecule has 1 amide bonds. The number of hydrogen-bond acceptors (Lipinski definition) is 3. The minimum atomic E-state index is -0.754. The Kier molecular flexibility index (Phi) is 6.53. The summed E-state index contributed by atoms with van der Waals surface area (Å²) in [5, 5.41) is 0.696. The third-order valence-corrected chi connectivity index (χ3v) is 5.26. The predicted molar refractivity (Wildman–Crippen MR) is 98.1 cm³/mol. The van der Waals surface area contributed by atoms with Crippen molar-refractivity contribution in [3.63, 3.8) is 0 Å². The lowest BCUT2D eigenvalue weighted by Gasteiger charge is -2.37. The quantitative estimate of drug-likeness (QED) is 0.785. The third-order valence-electron chi connectivity index (χ3n) is 5.02. The van der Waals surface area contributed by atoms with Crippen LogP contribution in [0.1, 0.15) is 63.9 Å². The number of carbonyl (C=O) groups excluding carboxylic acids is 1. The Morgan fingerprint density at radius 1 is 1.33 bits per heavy atom. The highest BCUT2D eigenvalue weighted by Gasteiger charge is 2.34. The fraction of sp³-hybridized carbons (Fsp3) is 0.632. The summed E-state index contributed by atoms with van der Waals surface area (Å²) in [6.45, 7) is 3.76. The highest BCUT2D eigenvalue weighted by Crippen LogP contribution is 2.38. The van der Waals surface area contributed by atoms with E-state index < -0.39 is 11.7 Å². The van der Waals surface area contributed by atoms with E-state index in [2.05, 4.69) is 6.07 Å². The highest BCUT2D eigenvalue weighted by molar-refractivity contribution is 6.30. The van der Waals surface area contributed by atoms with Gasteiger partial charge in [0.1, 0.15) is 5.60 Å². The Labute approximate surface area is 149 Å². The van der Waals surface area contributed by atoms with E-state index in [9.17, 15) is 4.79 Å². The van der Waals surface area contributed by atoms with E-state index in [0.717, 1.165) is 18.4 Å². The van der Waals surface area contributed by atoms with Gasteiger partial charge in [-0.25, -0.2) is 4.79 Å². The lowest BCUT2D eigenvalue weighted by Crippen LogP contribution is -2.42. The third kappa shape index (κ3) is 5.38. The van der Waals surface area contributed by atoms with Gasteiger partial charge in [0.2, 0.25) is 0 Å². The summed E-state index contributed by atoms with van der Waals surface area (Å²) < 4.78 is 5.31. The Bertz CT molecular complexity index is 556. The monoisotopic (exact) mass is 352 g/mol. The lowest BCUT2D eigenvalue weighted by molar-refractivity contribution is 0.0291. The molecule has 2 rings (SSSR count). The summed E-state index contributed by atoms with van der Waals surface area (Å²) in [7, 11) is 0. The van der Waals surface area contributed by atoms with Crippen molar-refractivity contribution in [3.05, 3.63) is 34.9 Å². The predicted octanol–water partition coefficient (Wildman–Crippen LogP) is 4.60. The van der Waals surface area contributed by atoms with E-state index in [0.29, 0.717) is 17.4 Å². The largest absolute Gasteiger partial charge is 0.444 e. The molecule has 0 bridgehead atoms. The first-order valence-corrected chi connectivity index (χ1v) is 9.16. The van der Waals surface area contributed by atoms with Crippen molar-refractivity contribution in [2.45, 2.75) is 69.9 Å². The average Bonchev–Trinajstić information content (AvgIpc) is 2.51. The van der Waals surface area contributed by atoms with Crippen LogP contribution in [0.25, 0.3) is 0 Å². The number of rotatable bonds is 6. The molecule has 0 heterocycles. The van der Waals surface area contributed by atoms with Crippen LogP contribution in [-0.2, 0) is 4.74 Å². The minimum absolute atomic E-state index is 0.0134. The molecular weight excluding hydrogens is 324 g/mol. The summed E-state index contributed by atoms with van der Waals surface area (Å²) in [5.74, 6) is 0.563. The maximum absolute atomic E-state index is 11.2. The molecule has 5 heteroatoms. The Morgan fingerprint density at radius 2 is 2.00 bits per heavy atom. The second-order valence-corrected chi connectivity index (χ2v) is 7.96. The fourth-order valence-electron chi connectivity index (χ4n) is 3.90. The van der Waals surface area contributed by atoms with Gasteiger partial charge in [-0.2, -0.15) is 0 Å². The van der Waals surface area contributed by atoms with Crippen molar-refractivity contribution < 1.29 is 9.53 Å². The highest BCUT2D eigenvalue weighted by atomic mass is 35.5. The van der Waals surface area contributed by atoms with Gasteiger partial charge < -0.3 is 16.2 Å². The summed E-state index contributed by atoms with van der Waals surface area (Å²) in [6, 6.07) is 7.84. The van der Waals surface area contributed by atoms with Gasteiger partial charge in [0, 0.05) is 17.0 Å². The number of hydrogen-bond donors (Lipinski definition) is 2. The molecule has 0 aromatic heterocycles. The van der Waals surface area contributed by atoms with Gasteiger partial charge in [0.15, 0.2) is 0 Å². The number of primary amides is 1. The molecule has 1 unspecified atom stereocenters. The van der Waals surface area contributed by atoms with Crippen molar-refractivity contribution in [2.24, 2.45) is 17.4 Å². The summed E-state index contributed by atoms with van der Waals surface area (Å²) >= 11 is 6.19. The van der Waals surface area contributed by atoms with Crippen LogP contribution in [-0.4, -0.2) is 17.7 Å². The van der Waals surface area contributed by atoms with Crippen LogP contribution in [0.5, 0.6) is 0 Å². The first-order chi connectivity index (χ1) is 11.3. The second kappa shape index (κ2) is 8.21. The van der Waals surface area contributed by atoms with E-state index in [4.69, 9.17) is 27.8 Å². The van der Waals surface area contributed by atoms with Gasteiger partial charge in [-0.3, -0.25) is 0 Å². The molecule has 4 N–H and O–H groups in total. The molecular formula is C19H29ClN2O2.